The Morgan fingerprint density at radius 3 is 2.94 bits per heavy atom. The fourth-order valence-electron chi connectivity index (χ4n) is 1.58. The summed E-state index contributed by atoms with van der Waals surface area (Å²) in [6.45, 7) is 0.231. The van der Waals surface area contributed by atoms with Crippen molar-refractivity contribution in [2.45, 2.75) is 6.61 Å². The van der Waals surface area contributed by atoms with Crippen LogP contribution in [-0.2, 0) is 11.3 Å². The van der Waals surface area contributed by atoms with E-state index < -0.39 is 5.97 Å². The van der Waals surface area contributed by atoms with Gasteiger partial charge in [0.2, 0.25) is 5.76 Å². The topological polar surface area (TPSA) is 59.7 Å². The number of hydrogen-bond acceptors (Lipinski definition) is 3. The lowest BCUT2D eigenvalue weighted by molar-refractivity contribution is 0.0658. The van der Waals surface area contributed by atoms with Crippen molar-refractivity contribution in [1.82, 2.24) is 0 Å². The molecule has 0 aliphatic carbocycles. The van der Waals surface area contributed by atoms with Crippen molar-refractivity contribution >= 4 is 39.5 Å². The van der Waals surface area contributed by atoms with Crippen molar-refractivity contribution in [3.63, 3.8) is 0 Å². The predicted octanol–water partition coefficient (Wildman–Crippen LogP) is 2.88. The van der Waals surface area contributed by atoms with E-state index in [0.717, 1.165) is 8.96 Å². The van der Waals surface area contributed by atoms with Crippen molar-refractivity contribution < 1.29 is 19.1 Å². The van der Waals surface area contributed by atoms with Gasteiger partial charge in [-0.3, -0.25) is 0 Å². The molecule has 0 bridgehead atoms. The van der Waals surface area contributed by atoms with Gasteiger partial charge in [0.15, 0.2) is 0 Å². The standard InChI is InChI=1S/C11H9IO4/c1-15-5-8-7-4-6(12)2-3-9(7)16-10(8)11(13)14/h2-4H,5H2,1H3,(H,13,14). The second-order valence-electron chi connectivity index (χ2n) is 3.29. The summed E-state index contributed by atoms with van der Waals surface area (Å²) in [7, 11) is 1.53. The summed E-state index contributed by atoms with van der Waals surface area (Å²) < 4.78 is 11.3. The van der Waals surface area contributed by atoms with E-state index in [1.54, 1.807) is 6.07 Å². The molecule has 2 rings (SSSR count). The molecule has 0 radical (unpaired) electrons. The van der Waals surface area contributed by atoms with E-state index in [1.165, 1.54) is 7.11 Å². The molecular weight excluding hydrogens is 323 g/mol. The van der Waals surface area contributed by atoms with Gasteiger partial charge in [-0.2, -0.15) is 0 Å². The highest BCUT2D eigenvalue weighted by molar-refractivity contribution is 14.1. The first-order valence-corrected chi connectivity index (χ1v) is 5.64. The van der Waals surface area contributed by atoms with Gasteiger partial charge in [-0.25, -0.2) is 4.79 Å². The SMILES string of the molecule is COCc1c(C(=O)O)oc2ccc(I)cc12. The fourth-order valence-corrected chi connectivity index (χ4v) is 2.07. The number of carbonyl (C=O) groups is 1. The van der Waals surface area contributed by atoms with Crippen molar-refractivity contribution in [3.05, 3.63) is 33.1 Å². The van der Waals surface area contributed by atoms with E-state index in [1.807, 2.05) is 12.1 Å². The van der Waals surface area contributed by atoms with Gasteiger partial charge in [-0.05, 0) is 40.8 Å². The first kappa shape index (κ1) is 11.4. The second-order valence-corrected chi connectivity index (χ2v) is 4.53. The van der Waals surface area contributed by atoms with E-state index in [0.29, 0.717) is 11.1 Å². The third-order valence-corrected chi connectivity index (χ3v) is 2.91. The first-order chi connectivity index (χ1) is 7.63. The fraction of sp³-hybridized carbons (Fsp3) is 0.182. The Labute approximate surface area is 105 Å². The van der Waals surface area contributed by atoms with Crippen LogP contribution in [0.4, 0.5) is 0 Å². The summed E-state index contributed by atoms with van der Waals surface area (Å²) in [5.74, 6) is -1.11. The molecule has 4 nitrogen and oxygen atoms in total. The Kier molecular flexibility index (Phi) is 3.15. The zero-order valence-electron chi connectivity index (χ0n) is 8.49. The van der Waals surface area contributed by atoms with Crippen LogP contribution in [0.1, 0.15) is 16.1 Å². The zero-order valence-corrected chi connectivity index (χ0v) is 10.6. The van der Waals surface area contributed by atoms with Crippen LogP contribution in [0.25, 0.3) is 11.0 Å². The van der Waals surface area contributed by atoms with E-state index in [4.69, 9.17) is 14.3 Å². The maximum Gasteiger partial charge on any atom is 0.372 e. The Morgan fingerprint density at radius 2 is 2.31 bits per heavy atom. The lowest BCUT2D eigenvalue weighted by atomic mass is 10.1. The monoisotopic (exact) mass is 332 g/mol. The summed E-state index contributed by atoms with van der Waals surface area (Å²) >= 11 is 2.17. The summed E-state index contributed by atoms with van der Waals surface area (Å²) in [6, 6.07) is 5.53. The molecule has 0 spiro atoms. The Morgan fingerprint density at radius 1 is 1.56 bits per heavy atom. The molecule has 84 valence electrons. The number of carboxylic acids is 1. The van der Waals surface area contributed by atoms with E-state index in [2.05, 4.69) is 22.6 Å². The van der Waals surface area contributed by atoms with Crippen LogP contribution < -0.4 is 0 Å². The third-order valence-electron chi connectivity index (χ3n) is 2.24. The predicted molar refractivity (Wildman–Crippen MR) is 66.6 cm³/mol. The van der Waals surface area contributed by atoms with Crippen LogP contribution in [-0.4, -0.2) is 18.2 Å². The van der Waals surface area contributed by atoms with Gasteiger partial charge in [0, 0.05) is 21.6 Å². The van der Waals surface area contributed by atoms with Gasteiger partial charge in [0.05, 0.1) is 6.61 Å². The molecular formula is C11H9IO4. The molecule has 5 heteroatoms. The molecule has 1 aromatic heterocycles. The summed E-state index contributed by atoms with van der Waals surface area (Å²) in [5.41, 5.74) is 1.16. The molecule has 16 heavy (non-hydrogen) atoms. The first-order valence-electron chi connectivity index (χ1n) is 4.56. The van der Waals surface area contributed by atoms with Crippen molar-refractivity contribution in [2.75, 3.05) is 7.11 Å². The number of fused-ring (bicyclic) bond motifs is 1. The molecule has 0 aliphatic rings. The van der Waals surface area contributed by atoms with Crippen molar-refractivity contribution in [3.8, 4) is 0 Å². The molecule has 0 fully saturated rings. The van der Waals surface area contributed by atoms with Gasteiger partial charge >= 0.3 is 5.97 Å². The normalized spacial score (nSPS) is 10.9. The van der Waals surface area contributed by atoms with Crippen LogP contribution in [0, 0.1) is 3.57 Å². The van der Waals surface area contributed by atoms with Gasteiger partial charge < -0.3 is 14.3 Å². The molecule has 0 saturated heterocycles. The van der Waals surface area contributed by atoms with E-state index >= 15 is 0 Å². The van der Waals surface area contributed by atoms with Crippen molar-refractivity contribution in [2.24, 2.45) is 0 Å². The highest BCUT2D eigenvalue weighted by atomic mass is 127. The number of benzene rings is 1. The molecule has 0 amide bonds. The molecule has 1 heterocycles. The number of ether oxygens (including phenoxy) is 1. The number of furan rings is 1. The molecule has 2 aromatic rings. The van der Waals surface area contributed by atoms with Gasteiger partial charge in [-0.1, -0.05) is 0 Å². The number of hydrogen-bond donors (Lipinski definition) is 1. The smallest absolute Gasteiger partial charge is 0.372 e. The highest BCUT2D eigenvalue weighted by Gasteiger charge is 2.19. The average Bonchev–Trinajstić information content (AvgIpc) is 2.58. The molecule has 1 aromatic carbocycles. The molecule has 0 atom stereocenters. The van der Waals surface area contributed by atoms with Crippen LogP contribution in [0.15, 0.2) is 22.6 Å². The van der Waals surface area contributed by atoms with Crippen LogP contribution >= 0.6 is 22.6 Å². The number of carboxylic acid groups (broad SMARTS) is 1. The van der Waals surface area contributed by atoms with E-state index in [9.17, 15) is 4.79 Å². The van der Waals surface area contributed by atoms with Crippen molar-refractivity contribution in [1.29, 1.82) is 0 Å². The number of rotatable bonds is 3. The largest absolute Gasteiger partial charge is 0.475 e. The Balaban J connectivity index is 2.71. The lowest BCUT2D eigenvalue weighted by Crippen LogP contribution is -1.99. The highest BCUT2D eigenvalue weighted by Crippen LogP contribution is 2.28. The zero-order chi connectivity index (χ0) is 11.7. The minimum Gasteiger partial charge on any atom is -0.475 e. The minimum atomic E-state index is -1.07. The summed E-state index contributed by atoms with van der Waals surface area (Å²) in [4.78, 5) is 11.0. The van der Waals surface area contributed by atoms with E-state index in [-0.39, 0.29) is 12.4 Å². The maximum atomic E-state index is 11.0. The molecule has 0 aliphatic heterocycles. The molecule has 1 N–H and O–H groups in total. The third kappa shape index (κ3) is 1.92. The lowest BCUT2D eigenvalue weighted by Gasteiger charge is -1.97. The molecule has 0 saturated carbocycles. The second kappa shape index (κ2) is 4.42. The van der Waals surface area contributed by atoms with Gasteiger partial charge in [0.25, 0.3) is 0 Å². The van der Waals surface area contributed by atoms with Crippen LogP contribution in [0.5, 0.6) is 0 Å². The van der Waals surface area contributed by atoms with Crippen LogP contribution in [0.3, 0.4) is 0 Å². The van der Waals surface area contributed by atoms with Gasteiger partial charge in [0.1, 0.15) is 5.58 Å². The number of halogens is 1. The Bertz CT molecular complexity index is 544. The summed E-state index contributed by atoms with van der Waals surface area (Å²) in [6.07, 6.45) is 0. The quantitative estimate of drug-likeness (QED) is 0.878. The number of methoxy groups -OCH3 is 1. The van der Waals surface area contributed by atoms with Gasteiger partial charge in [-0.15, -0.1) is 0 Å². The minimum absolute atomic E-state index is 0.0427. The summed E-state index contributed by atoms with van der Waals surface area (Å²) in [5, 5.41) is 9.81. The maximum absolute atomic E-state index is 11.0. The average molecular weight is 332 g/mol. The number of aromatic carboxylic acids is 1. The molecule has 0 unspecified atom stereocenters. The van der Waals surface area contributed by atoms with Crippen LogP contribution in [0.2, 0.25) is 0 Å². The Hall–Kier alpha value is -1.08.